The van der Waals surface area contributed by atoms with Gasteiger partial charge in [0, 0.05) is 58.6 Å². The quantitative estimate of drug-likeness (QED) is 0.305. The number of benzene rings is 2. The molecule has 0 amide bonds. The summed E-state index contributed by atoms with van der Waals surface area (Å²) in [5, 5.41) is 1.10. The maximum atomic E-state index is 5.29. The van der Waals surface area contributed by atoms with Gasteiger partial charge in [-0.2, -0.15) is 9.97 Å². The molecule has 7 nitrogen and oxygen atoms in total. The molecule has 7 heteroatoms. The Morgan fingerprint density at radius 1 is 0.732 bits per heavy atom. The van der Waals surface area contributed by atoms with Gasteiger partial charge in [0.1, 0.15) is 11.5 Å². The summed E-state index contributed by atoms with van der Waals surface area (Å²) in [5.74, 6) is 2.99. The average Bonchev–Trinajstić information content (AvgIpc) is 3.48. The number of rotatable bonds is 8. The first-order chi connectivity index (χ1) is 20.0. The zero-order chi connectivity index (χ0) is 28.3. The summed E-state index contributed by atoms with van der Waals surface area (Å²) in [5.41, 5.74) is 3.67. The first-order valence-electron chi connectivity index (χ1n) is 15.3. The van der Waals surface area contributed by atoms with Crippen molar-refractivity contribution in [1.82, 2.24) is 24.8 Å². The normalized spacial score (nSPS) is 24.0. The standard InChI is InChI=1S/C34H45N7/c1-25-16-19-40(21-27-11-7-5-8-12-27)23-30(25)38(3)33-29-15-18-35-32(29)36-34(37-33)39(4)31-24-41(20-17-26(31)2)22-28-13-9-6-10-14-28/h5-15,18,25-26,30-31H,16-17,19-24H2,1-4H3,(H,35,36,37)/t25-,26+,30+,31-/m1/s1. The summed E-state index contributed by atoms with van der Waals surface area (Å²) in [6.07, 6.45) is 4.36. The van der Waals surface area contributed by atoms with E-state index in [1.807, 2.05) is 6.20 Å². The van der Waals surface area contributed by atoms with Crippen LogP contribution in [-0.2, 0) is 13.1 Å². The van der Waals surface area contributed by atoms with Gasteiger partial charge in [-0.05, 0) is 55.0 Å². The van der Waals surface area contributed by atoms with E-state index in [2.05, 4.69) is 119 Å². The highest BCUT2D eigenvalue weighted by Crippen LogP contribution is 2.33. The van der Waals surface area contributed by atoms with Gasteiger partial charge in [0.25, 0.3) is 0 Å². The lowest BCUT2D eigenvalue weighted by molar-refractivity contribution is 0.158. The minimum Gasteiger partial charge on any atom is -0.354 e. The molecule has 2 saturated heterocycles. The van der Waals surface area contributed by atoms with E-state index in [0.717, 1.165) is 62.1 Å². The number of likely N-dealkylation sites (N-methyl/N-ethyl adjacent to an activating group) is 2. The summed E-state index contributed by atoms with van der Waals surface area (Å²) < 4.78 is 0. The van der Waals surface area contributed by atoms with E-state index in [4.69, 9.17) is 9.97 Å². The zero-order valence-corrected chi connectivity index (χ0v) is 25.1. The van der Waals surface area contributed by atoms with E-state index in [1.165, 1.54) is 24.0 Å². The van der Waals surface area contributed by atoms with Crippen LogP contribution >= 0.6 is 0 Å². The third-order valence-electron chi connectivity index (χ3n) is 9.53. The Labute approximate surface area is 245 Å². The van der Waals surface area contributed by atoms with Crippen molar-refractivity contribution in [2.45, 2.75) is 51.9 Å². The van der Waals surface area contributed by atoms with Crippen LogP contribution in [0.2, 0.25) is 0 Å². The minimum atomic E-state index is 0.355. The Kier molecular flexibility index (Phi) is 8.26. The van der Waals surface area contributed by atoms with E-state index < -0.39 is 0 Å². The fraction of sp³-hybridized carbons (Fsp3) is 0.471. The Morgan fingerprint density at radius 2 is 1.27 bits per heavy atom. The number of nitrogens with one attached hydrogen (secondary N) is 1. The van der Waals surface area contributed by atoms with Crippen LogP contribution in [0.5, 0.6) is 0 Å². The molecule has 4 heterocycles. The number of hydrogen-bond donors (Lipinski definition) is 1. The monoisotopic (exact) mass is 551 g/mol. The van der Waals surface area contributed by atoms with Gasteiger partial charge in [-0.1, -0.05) is 74.5 Å². The summed E-state index contributed by atoms with van der Waals surface area (Å²) in [6.45, 7) is 11.1. The van der Waals surface area contributed by atoms with Crippen LogP contribution < -0.4 is 9.80 Å². The van der Waals surface area contributed by atoms with Crippen molar-refractivity contribution in [2.24, 2.45) is 11.8 Å². The fourth-order valence-electron chi connectivity index (χ4n) is 6.85. The van der Waals surface area contributed by atoms with Gasteiger partial charge in [0.05, 0.1) is 5.39 Å². The molecule has 4 atom stereocenters. The van der Waals surface area contributed by atoms with Crippen molar-refractivity contribution < 1.29 is 0 Å². The molecule has 2 aromatic heterocycles. The molecular weight excluding hydrogens is 506 g/mol. The number of aromatic nitrogens is 3. The van der Waals surface area contributed by atoms with E-state index in [1.54, 1.807) is 0 Å². The average molecular weight is 552 g/mol. The smallest absolute Gasteiger partial charge is 0.229 e. The van der Waals surface area contributed by atoms with E-state index in [0.29, 0.717) is 23.9 Å². The molecule has 2 aromatic carbocycles. The second kappa shape index (κ2) is 12.2. The van der Waals surface area contributed by atoms with Crippen LogP contribution in [0.15, 0.2) is 72.9 Å². The molecule has 0 spiro atoms. The third kappa shape index (κ3) is 6.11. The van der Waals surface area contributed by atoms with Crippen molar-refractivity contribution in [1.29, 1.82) is 0 Å². The molecule has 2 aliphatic rings. The molecule has 2 aliphatic heterocycles. The number of likely N-dealkylation sites (tertiary alicyclic amines) is 2. The summed E-state index contributed by atoms with van der Waals surface area (Å²) >= 11 is 0. The van der Waals surface area contributed by atoms with Gasteiger partial charge >= 0.3 is 0 Å². The minimum absolute atomic E-state index is 0.355. The van der Waals surface area contributed by atoms with E-state index >= 15 is 0 Å². The van der Waals surface area contributed by atoms with Gasteiger partial charge < -0.3 is 14.8 Å². The molecule has 0 radical (unpaired) electrons. The number of piperidine rings is 2. The van der Waals surface area contributed by atoms with E-state index in [9.17, 15) is 0 Å². The lowest BCUT2D eigenvalue weighted by Gasteiger charge is -2.43. The molecule has 1 N–H and O–H groups in total. The van der Waals surface area contributed by atoms with Crippen LogP contribution in [0.4, 0.5) is 11.8 Å². The molecule has 41 heavy (non-hydrogen) atoms. The molecule has 2 fully saturated rings. The first-order valence-corrected chi connectivity index (χ1v) is 15.3. The largest absolute Gasteiger partial charge is 0.354 e. The Morgan fingerprint density at radius 3 is 1.83 bits per heavy atom. The second-order valence-corrected chi connectivity index (χ2v) is 12.4. The van der Waals surface area contributed by atoms with Crippen molar-refractivity contribution in [2.75, 3.05) is 50.1 Å². The lowest BCUT2D eigenvalue weighted by Crippen LogP contribution is -2.52. The highest BCUT2D eigenvalue weighted by atomic mass is 15.3. The highest BCUT2D eigenvalue weighted by Gasteiger charge is 2.33. The molecule has 0 bridgehead atoms. The Bertz CT molecular complexity index is 1400. The number of aromatic amines is 1. The van der Waals surface area contributed by atoms with Gasteiger partial charge in [0.15, 0.2) is 0 Å². The van der Waals surface area contributed by atoms with Crippen molar-refractivity contribution in [3.63, 3.8) is 0 Å². The number of H-pyrrole nitrogens is 1. The lowest BCUT2D eigenvalue weighted by atomic mass is 9.92. The Hall–Kier alpha value is -3.42. The number of nitrogens with zero attached hydrogens (tertiary/aromatic N) is 6. The van der Waals surface area contributed by atoms with E-state index in [-0.39, 0.29) is 0 Å². The van der Waals surface area contributed by atoms with Crippen LogP contribution in [-0.4, -0.2) is 77.1 Å². The van der Waals surface area contributed by atoms with Gasteiger partial charge in [-0.15, -0.1) is 0 Å². The maximum absolute atomic E-state index is 5.29. The molecule has 4 aromatic rings. The molecule has 0 aliphatic carbocycles. The van der Waals surface area contributed by atoms with Crippen molar-refractivity contribution >= 4 is 22.8 Å². The molecule has 0 unspecified atom stereocenters. The van der Waals surface area contributed by atoms with Crippen LogP contribution in [0, 0.1) is 11.8 Å². The number of fused-ring (bicyclic) bond motifs is 1. The zero-order valence-electron chi connectivity index (χ0n) is 25.1. The highest BCUT2D eigenvalue weighted by molar-refractivity contribution is 5.88. The molecule has 6 rings (SSSR count). The maximum Gasteiger partial charge on any atom is 0.229 e. The Balaban J connectivity index is 1.23. The second-order valence-electron chi connectivity index (χ2n) is 12.4. The number of hydrogen-bond acceptors (Lipinski definition) is 6. The number of anilines is 2. The first kappa shape index (κ1) is 27.7. The third-order valence-corrected chi connectivity index (χ3v) is 9.53. The molecule has 0 saturated carbocycles. The van der Waals surface area contributed by atoms with Crippen molar-refractivity contribution in [3.05, 3.63) is 84.1 Å². The van der Waals surface area contributed by atoms with Crippen molar-refractivity contribution in [3.8, 4) is 0 Å². The van der Waals surface area contributed by atoms with Gasteiger partial charge in [-0.25, -0.2) is 0 Å². The van der Waals surface area contributed by atoms with Gasteiger partial charge in [-0.3, -0.25) is 9.80 Å². The fourth-order valence-corrected chi connectivity index (χ4v) is 6.85. The predicted molar refractivity (Wildman–Crippen MR) is 169 cm³/mol. The predicted octanol–water partition coefficient (Wildman–Crippen LogP) is 5.65. The van der Waals surface area contributed by atoms with Crippen LogP contribution in [0.25, 0.3) is 11.0 Å². The summed E-state index contributed by atoms with van der Waals surface area (Å²) in [6, 6.07) is 24.5. The molecular formula is C34H45N7. The SMILES string of the molecule is C[C@@H]1CCN(Cc2ccccc2)C[C@@H]1N(C)c1nc(N(C)[C@@H]2CN(Cc3ccccc3)CC[C@@H]2C)nc2[nH]ccc12. The molecule has 216 valence electrons. The topological polar surface area (TPSA) is 54.5 Å². The van der Waals surface area contributed by atoms with Crippen LogP contribution in [0.3, 0.4) is 0 Å². The van der Waals surface area contributed by atoms with Crippen LogP contribution in [0.1, 0.15) is 37.8 Å². The summed E-state index contributed by atoms with van der Waals surface area (Å²) in [7, 11) is 4.42. The van der Waals surface area contributed by atoms with Gasteiger partial charge in [0.2, 0.25) is 5.95 Å². The summed E-state index contributed by atoms with van der Waals surface area (Å²) in [4.78, 5) is 23.7.